The van der Waals surface area contributed by atoms with Crippen molar-refractivity contribution in [2.45, 2.75) is 5.75 Å². The van der Waals surface area contributed by atoms with Gasteiger partial charge >= 0.3 is 0 Å². The molecule has 0 aliphatic heterocycles. The first-order valence-electron chi connectivity index (χ1n) is 3.99. The molecule has 0 aromatic heterocycles. The van der Waals surface area contributed by atoms with Crippen LogP contribution in [0, 0.1) is 5.41 Å². The summed E-state index contributed by atoms with van der Waals surface area (Å²) in [5.41, 5.74) is 6.56. The molecular formula is C9H13ClN2O2S. The Morgan fingerprint density at radius 2 is 1.80 bits per heavy atom. The van der Waals surface area contributed by atoms with Crippen molar-refractivity contribution in [2.75, 3.05) is 6.26 Å². The lowest BCUT2D eigenvalue weighted by Crippen LogP contribution is -2.11. The molecule has 0 atom stereocenters. The monoisotopic (exact) mass is 248 g/mol. The maximum atomic E-state index is 11.0. The van der Waals surface area contributed by atoms with Gasteiger partial charge in [-0.1, -0.05) is 24.3 Å². The number of benzene rings is 1. The third-order valence-electron chi connectivity index (χ3n) is 1.69. The summed E-state index contributed by atoms with van der Waals surface area (Å²) in [5, 5.41) is 7.15. The molecule has 1 rings (SSSR count). The first kappa shape index (κ1) is 13.9. The maximum absolute atomic E-state index is 11.0. The average molecular weight is 249 g/mol. The molecule has 3 N–H and O–H groups in total. The molecule has 1 aromatic rings. The van der Waals surface area contributed by atoms with Gasteiger partial charge in [-0.05, 0) is 5.56 Å². The first-order chi connectivity index (χ1) is 6.38. The lowest BCUT2D eigenvalue weighted by atomic mass is 10.1. The third-order valence-corrected chi connectivity index (χ3v) is 2.55. The van der Waals surface area contributed by atoms with Gasteiger partial charge in [-0.2, -0.15) is 0 Å². The van der Waals surface area contributed by atoms with E-state index in [0.717, 1.165) is 0 Å². The Hall–Kier alpha value is -1.07. The van der Waals surface area contributed by atoms with Gasteiger partial charge < -0.3 is 5.73 Å². The van der Waals surface area contributed by atoms with E-state index in [1.807, 2.05) is 0 Å². The largest absolute Gasteiger partial charge is 0.384 e. The average Bonchev–Trinajstić information content (AvgIpc) is 2.02. The van der Waals surface area contributed by atoms with Gasteiger partial charge in [-0.25, -0.2) is 8.42 Å². The molecule has 15 heavy (non-hydrogen) atoms. The highest BCUT2D eigenvalue weighted by Crippen LogP contribution is 2.07. The minimum Gasteiger partial charge on any atom is -0.384 e. The minimum atomic E-state index is -3.00. The van der Waals surface area contributed by atoms with Gasteiger partial charge in [0, 0.05) is 11.8 Å². The standard InChI is InChI=1S/C9H12N2O2S.ClH/c1-14(12,13)6-7-2-4-8(5-3-7)9(10)11;/h2-5H,6H2,1H3,(H3,10,11);1H. The summed E-state index contributed by atoms with van der Waals surface area (Å²) in [4.78, 5) is 0. The highest BCUT2D eigenvalue weighted by atomic mass is 35.5. The normalized spacial score (nSPS) is 10.5. The lowest BCUT2D eigenvalue weighted by molar-refractivity contribution is 0.601. The number of nitrogen functional groups attached to an aromatic ring is 1. The van der Waals surface area contributed by atoms with Crippen LogP contribution in [0.2, 0.25) is 0 Å². The fraction of sp³-hybridized carbons (Fsp3) is 0.222. The van der Waals surface area contributed by atoms with Crippen molar-refractivity contribution in [3.8, 4) is 0 Å². The summed E-state index contributed by atoms with van der Waals surface area (Å²) in [6.45, 7) is 0. The fourth-order valence-corrected chi connectivity index (χ4v) is 1.88. The second kappa shape index (κ2) is 5.14. The van der Waals surface area contributed by atoms with Gasteiger partial charge in [-0.3, -0.25) is 5.41 Å². The van der Waals surface area contributed by atoms with Gasteiger partial charge in [0.2, 0.25) is 0 Å². The van der Waals surface area contributed by atoms with Crippen LogP contribution in [0.4, 0.5) is 0 Å². The van der Waals surface area contributed by atoms with Gasteiger partial charge in [0.15, 0.2) is 9.84 Å². The van der Waals surface area contributed by atoms with E-state index in [9.17, 15) is 8.42 Å². The number of halogens is 1. The van der Waals surface area contributed by atoms with Crippen molar-refractivity contribution in [3.63, 3.8) is 0 Å². The Labute approximate surface area is 95.3 Å². The van der Waals surface area contributed by atoms with Gasteiger partial charge in [0.05, 0.1) is 5.75 Å². The SMILES string of the molecule is CS(=O)(=O)Cc1ccc(C(=N)N)cc1.Cl. The van der Waals surface area contributed by atoms with E-state index in [1.165, 1.54) is 6.26 Å². The topological polar surface area (TPSA) is 84.0 Å². The van der Waals surface area contributed by atoms with E-state index in [1.54, 1.807) is 24.3 Å². The van der Waals surface area contributed by atoms with E-state index in [4.69, 9.17) is 11.1 Å². The Bertz CT molecular complexity index is 440. The molecule has 0 radical (unpaired) electrons. The molecule has 0 saturated heterocycles. The van der Waals surface area contributed by atoms with E-state index in [0.29, 0.717) is 11.1 Å². The molecule has 1 aromatic carbocycles. The van der Waals surface area contributed by atoms with Crippen molar-refractivity contribution in [2.24, 2.45) is 5.73 Å². The lowest BCUT2D eigenvalue weighted by Gasteiger charge is -2.01. The number of sulfone groups is 1. The Morgan fingerprint density at radius 3 is 2.13 bits per heavy atom. The van der Waals surface area contributed by atoms with Crippen LogP contribution in [-0.2, 0) is 15.6 Å². The Balaban J connectivity index is 0.00000196. The van der Waals surface area contributed by atoms with Crippen molar-refractivity contribution in [3.05, 3.63) is 35.4 Å². The van der Waals surface area contributed by atoms with Crippen molar-refractivity contribution in [1.82, 2.24) is 0 Å². The molecule has 0 saturated carbocycles. The maximum Gasteiger partial charge on any atom is 0.151 e. The molecule has 0 aliphatic rings. The Morgan fingerprint density at radius 1 is 1.33 bits per heavy atom. The van der Waals surface area contributed by atoms with Crippen LogP contribution in [0.5, 0.6) is 0 Å². The van der Waals surface area contributed by atoms with Crippen LogP contribution in [0.1, 0.15) is 11.1 Å². The van der Waals surface area contributed by atoms with E-state index in [-0.39, 0.29) is 24.0 Å². The van der Waals surface area contributed by atoms with Crippen molar-refractivity contribution >= 4 is 28.1 Å². The molecule has 6 heteroatoms. The van der Waals surface area contributed by atoms with Crippen molar-refractivity contribution in [1.29, 1.82) is 5.41 Å². The number of nitrogens with two attached hydrogens (primary N) is 1. The highest BCUT2D eigenvalue weighted by molar-refractivity contribution is 7.89. The molecule has 0 amide bonds. The van der Waals surface area contributed by atoms with Crippen LogP contribution in [0.15, 0.2) is 24.3 Å². The molecular weight excluding hydrogens is 236 g/mol. The zero-order valence-electron chi connectivity index (χ0n) is 8.23. The molecule has 0 spiro atoms. The molecule has 0 aliphatic carbocycles. The second-order valence-corrected chi connectivity index (χ2v) is 5.32. The summed E-state index contributed by atoms with van der Waals surface area (Å²) in [5.74, 6) is 0.00135. The Kier molecular flexibility index (Phi) is 4.77. The third kappa shape index (κ3) is 4.80. The predicted molar refractivity (Wildman–Crippen MR) is 63.3 cm³/mol. The van der Waals surface area contributed by atoms with Gasteiger partial charge in [0.1, 0.15) is 5.84 Å². The summed E-state index contributed by atoms with van der Waals surface area (Å²) < 4.78 is 21.9. The number of hydrogen-bond donors (Lipinski definition) is 2. The van der Waals surface area contributed by atoms with E-state index >= 15 is 0 Å². The quantitative estimate of drug-likeness (QED) is 0.617. The summed E-state index contributed by atoms with van der Waals surface area (Å²) >= 11 is 0. The first-order valence-corrected chi connectivity index (χ1v) is 6.05. The minimum absolute atomic E-state index is 0. The molecule has 0 heterocycles. The summed E-state index contributed by atoms with van der Waals surface area (Å²) in [6, 6.07) is 6.61. The summed E-state index contributed by atoms with van der Waals surface area (Å²) in [7, 11) is -3.00. The zero-order valence-corrected chi connectivity index (χ0v) is 9.86. The van der Waals surface area contributed by atoms with Crippen molar-refractivity contribution < 1.29 is 8.42 Å². The highest BCUT2D eigenvalue weighted by Gasteiger charge is 2.04. The summed E-state index contributed by atoms with van der Waals surface area (Å²) in [6.07, 6.45) is 1.19. The molecule has 0 unspecified atom stereocenters. The van der Waals surface area contributed by atoms with Crippen LogP contribution >= 0.6 is 12.4 Å². The number of nitrogens with one attached hydrogen (secondary N) is 1. The predicted octanol–water partition coefficient (Wildman–Crippen LogP) is 0.937. The van der Waals surface area contributed by atoms with E-state index < -0.39 is 9.84 Å². The van der Waals surface area contributed by atoms with Crippen LogP contribution in [-0.4, -0.2) is 20.5 Å². The fourth-order valence-electron chi connectivity index (χ4n) is 1.08. The number of amidine groups is 1. The molecule has 0 bridgehead atoms. The van der Waals surface area contributed by atoms with Gasteiger partial charge in [-0.15, -0.1) is 12.4 Å². The van der Waals surface area contributed by atoms with E-state index in [2.05, 4.69) is 0 Å². The van der Waals surface area contributed by atoms with Crippen LogP contribution < -0.4 is 5.73 Å². The zero-order chi connectivity index (χ0) is 10.8. The van der Waals surface area contributed by atoms with Crippen LogP contribution in [0.25, 0.3) is 0 Å². The molecule has 0 fully saturated rings. The smallest absolute Gasteiger partial charge is 0.151 e. The number of hydrogen-bond acceptors (Lipinski definition) is 3. The molecule has 84 valence electrons. The number of rotatable bonds is 3. The second-order valence-electron chi connectivity index (χ2n) is 3.18. The van der Waals surface area contributed by atoms with Gasteiger partial charge in [0.25, 0.3) is 0 Å². The van der Waals surface area contributed by atoms with Crippen LogP contribution in [0.3, 0.4) is 0 Å². The molecule has 4 nitrogen and oxygen atoms in total.